The van der Waals surface area contributed by atoms with Crippen LogP contribution in [0.1, 0.15) is 0 Å². The number of rotatable bonds is 4. The Balaban J connectivity index is 1.95. The molecule has 120 valence electrons. The van der Waals surface area contributed by atoms with E-state index < -0.39 is 45.6 Å². The van der Waals surface area contributed by atoms with Gasteiger partial charge in [-0.1, -0.05) is 0 Å². The van der Waals surface area contributed by atoms with E-state index >= 15 is 0 Å². The van der Waals surface area contributed by atoms with E-state index in [0.717, 1.165) is 15.5 Å². The van der Waals surface area contributed by atoms with Gasteiger partial charge in [-0.3, -0.25) is 0 Å². The monoisotopic (exact) mass is 414 g/mol. The van der Waals surface area contributed by atoms with Crippen LogP contribution in [0, 0.1) is 0 Å². The van der Waals surface area contributed by atoms with Crippen LogP contribution in [0.2, 0.25) is 94.0 Å². The summed E-state index contributed by atoms with van der Waals surface area (Å²) in [7, 11) is -3.93. The zero-order valence-corrected chi connectivity index (χ0v) is 22.6. The van der Waals surface area contributed by atoms with E-state index in [1.807, 2.05) is 0 Å². The van der Waals surface area contributed by atoms with Crippen molar-refractivity contribution in [3.05, 3.63) is 0 Å². The Morgan fingerprint density at radius 2 is 0.524 bits per heavy atom. The van der Waals surface area contributed by atoms with E-state index in [4.69, 9.17) is 0 Å². The molecule has 4 rings (SSSR count). The third-order valence-corrected chi connectivity index (χ3v) is 66.3. The quantitative estimate of drug-likeness (QED) is 0.499. The fourth-order valence-corrected chi connectivity index (χ4v) is 124. The van der Waals surface area contributed by atoms with Gasteiger partial charge >= 0.3 is 140 Å². The summed E-state index contributed by atoms with van der Waals surface area (Å²) in [5.74, 6) is 0. The van der Waals surface area contributed by atoms with Crippen LogP contribution < -0.4 is 0 Å². The van der Waals surface area contributed by atoms with Crippen LogP contribution in [0.4, 0.5) is 0 Å². The van der Waals surface area contributed by atoms with Gasteiger partial charge in [0.2, 0.25) is 0 Å². The van der Waals surface area contributed by atoms with Gasteiger partial charge in [-0.15, -0.1) is 0 Å². The second-order valence-electron chi connectivity index (χ2n) is 12.8. The van der Waals surface area contributed by atoms with Crippen molar-refractivity contribution in [2.75, 3.05) is 0 Å². The molecule has 4 heterocycles. The molecule has 0 aromatic heterocycles. The van der Waals surface area contributed by atoms with E-state index in [1.165, 1.54) is 0 Å². The number of hydrogen-bond acceptors (Lipinski definition) is 0. The second kappa shape index (κ2) is 2.90. The molecule has 1 spiro atoms. The molecule has 0 bridgehead atoms. The van der Waals surface area contributed by atoms with Gasteiger partial charge in [0.25, 0.3) is 0 Å². The average molecular weight is 413 g/mol. The first-order valence-corrected chi connectivity index (χ1v) is 27.2. The summed E-state index contributed by atoms with van der Waals surface area (Å²) >= 11 is -1.46. The summed E-state index contributed by atoms with van der Waals surface area (Å²) in [4.78, 5) is 0. The zero-order valence-electron chi connectivity index (χ0n) is 16.5. The van der Waals surface area contributed by atoms with Gasteiger partial charge in [0.05, 0.1) is 0 Å². The zero-order chi connectivity index (χ0) is 16.5. The Morgan fingerprint density at radius 3 is 0.619 bits per heavy atom. The van der Waals surface area contributed by atoms with Crippen LogP contribution in [0.3, 0.4) is 0 Å². The topological polar surface area (TPSA) is 0 Å². The predicted molar refractivity (Wildman–Crippen MR) is 110 cm³/mol. The Bertz CT molecular complexity index is 476. The van der Waals surface area contributed by atoms with Crippen molar-refractivity contribution < 1.29 is 0 Å². The van der Waals surface area contributed by atoms with E-state index in [1.54, 1.807) is 0 Å². The van der Waals surface area contributed by atoms with E-state index in [0.29, 0.717) is 0 Å². The average Bonchev–Trinajstić information content (AvgIpc) is 2.73. The molecule has 0 aliphatic carbocycles. The van der Waals surface area contributed by atoms with Crippen molar-refractivity contribution in [3.8, 4) is 0 Å². The first-order chi connectivity index (χ1) is 9.00. The molecule has 4 saturated heterocycles. The fourth-order valence-electron chi connectivity index (χ4n) is 10.4. The standard InChI is InChI=1S/C16H36GeSi4/c1-18(2,3)13-14(19(4,5)6)16(21(10,11)12)15(13,17(13,14)16)20(7,8)9/h1-12H3. The summed E-state index contributed by atoms with van der Waals surface area (Å²) < 4.78 is 4.45. The molecule has 4 aliphatic rings. The van der Waals surface area contributed by atoms with Crippen molar-refractivity contribution in [1.82, 2.24) is 0 Å². The van der Waals surface area contributed by atoms with Crippen LogP contribution in [-0.4, -0.2) is 45.6 Å². The summed E-state index contributed by atoms with van der Waals surface area (Å²) in [6.07, 6.45) is 0. The molecule has 0 aromatic carbocycles. The van der Waals surface area contributed by atoms with E-state index in [-0.39, 0.29) is 0 Å². The second-order valence-corrected chi connectivity index (χ2v) is 47.4. The molecule has 5 heteroatoms. The Labute approximate surface area is 139 Å². The molecule has 0 unspecified atom stereocenters. The van der Waals surface area contributed by atoms with E-state index in [2.05, 4.69) is 78.6 Å². The maximum absolute atomic E-state index is 2.77. The van der Waals surface area contributed by atoms with Crippen molar-refractivity contribution in [2.45, 2.75) is 94.0 Å². The molecule has 0 aromatic rings. The first-order valence-electron chi connectivity index (χ1n) is 9.00. The fraction of sp³-hybridized carbons (Fsp3) is 1.00. The predicted octanol–water partition coefficient (Wildman–Crippen LogP) is 5.96. The summed E-state index contributed by atoms with van der Waals surface area (Å²) in [5.41, 5.74) is 0. The molecule has 0 atom stereocenters. The maximum atomic E-state index is 2.77. The third kappa shape index (κ3) is 0.784. The first kappa shape index (κ1) is 15.9. The summed E-state index contributed by atoms with van der Waals surface area (Å²) in [6.45, 7) is 33.2. The number of fused-ring (bicyclic) bond motifs is 4. The molecule has 4 aliphatic heterocycles. The SMILES string of the molecule is C[Si](C)(C)[C]12[C]3([Si](C)(C)C)[C]4([Si](C)(C)C)[C]1([Si](C)(C)C)[Ge]234. The van der Waals surface area contributed by atoms with Gasteiger partial charge in [0.1, 0.15) is 0 Å². The Hall–Kier alpha value is 1.41. The van der Waals surface area contributed by atoms with E-state index in [9.17, 15) is 0 Å². The van der Waals surface area contributed by atoms with Gasteiger partial charge in [-0.25, -0.2) is 0 Å². The van der Waals surface area contributed by atoms with Crippen LogP contribution in [0.15, 0.2) is 0 Å². The van der Waals surface area contributed by atoms with Crippen molar-refractivity contribution in [2.24, 2.45) is 0 Å². The van der Waals surface area contributed by atoms with Crippen LogP contribution in [0.5, 0.6) is 0 Å². The van der Waals surface area contributed by atoms with Gasteiger partial charge in [0, 0.05) is 0 Å². The molecule has 0 saturated carbocycles. The number of hydrogen-bond donors (Lipinski definition) is 0. The molecule has 0 nitrogen and oxygen atoms in total. The molecular formula is C16H36GeSi4. The van der Waals surface area contributed by atoms with Gasteiger partial charge in [0.15, 0.2) is 0 Å². The molecule has 21 heavy (non-hydrogen) atoms. The van der Waals surface area contributed by atoms with Crippen molar-refractivity contribution in [1.29, 1.82) is 0 Å². The van der Waals surface area contributed by atoms with Crippen molar-refractivity contribution in [3.63, 3.8) is 0 Å². The summed E-state index contributed by atoms with van der Waals surface area (Å²) in [5, 5.41) is 0. The van der Waals surface area contributed by atoms with Crippen LogP contribution in [0.25, 0.3) is 0 Å². The summed E-state index contributed by atoms with van der Waals surface area (Å²) in [6, 6.07) is 0. The molecule has 0 radical (unpaired) electrons. The van der Waals surface area contributed by atoms with Crippen LogP contribution >= 0.6 is 0 Å². The molecule has 0 amide bonds. The van der Waals surface area contributed by atoms with Gasteiger partial charge in [-0.05, 0) is 0 Å². The minimum atomic E-state index is -1.46. The Kier molecular flexibility index (Phi) is 2.20. The third-order valence-electron chi connectivity index (χ3n) is 8.75. The normalized spacial score (nSPS) is 56.6. The Morgan fingerprint density at radius 1 is 0.381 bits per heavy atom. The van der Waals surface area contributed by atoms with Crippen molar-refractivity contribution >= 4 is 45.6 Å². The van der Waals surface area contributed by atoms with Gasteiger partial charge in [-0.2, -0.15) is 0 Å². The molecular weight excluding hydrogens is 377 g/mol. The van der Waals surface area contributed by atoms with Gasteiger partial charge < -0.3 is 0 Å². The molecule has 0 N–H and O–H groups in total. The molecule has 4 fully saturated rings. The minimum absolute atomic E-state index is 0.982. The van der Waals surface area contributed by atoms with Crippen LogP contribution in [-0.2, 0) is 0 Å².